The monoisotopic (exact) mass is 456 g/mol. The summed E-state index contributed by atoms with van der Waals surface area (Å²) in [4.78, 5) is 18.6. The summed E-state index contributed by atoms with van der Waals surface area (Å²) in [7, 11) is -4.19. The molecule has 1 N–H and O–H groups in total. The minimum atomic E-state index is -4.19. The maximum Gasteiger partial charge on any atom is 0.244 e. The summed E-state index contributed by atoms with van der Waals surface area (Å²) in [5, 5.41) is 3.81. The van der Waals surface area contributed by atoms with Gasteiger partial charge in [-0.15, -0.1) is 0 Å². The SMILES string of the molecule is CSCCC(NS(=O)(=O)c1ccccc1F)C(=O)N1CCCC(c2nc(C)no2)C1. The Bertz CT molecular complexity index is 982. The quantitative estimate of drug-likeness (QED) is 0.650. The molecule has 0 aliphatic carbocycles. The van der Waals surface area contributed by atoms with Crippen molar-refractivity contribution in [2.45, 2.75) is 43.0 Å². The predicted octanol–water partition coefficient (Wildman–Crippen LogP) is 2.32. The highest BCUT2D eigenvalue weighted by Crippen LogP contribution is 2.26. The van der Waals surface area contributed by atoms with Gasteiger partial charge in [0.15, 0.2) is 5.82 Å². The van der Waals surface area contributed by atoms with Gasteiger partial charge < -0.3 is 9.42 Å². The maximum absolute atomic E-state index is 14.0. The Kier molecular flexibility index (Phi) is 7.48. The van der Waals surface area contributed by atoms with Gasteiger partial charge in [0, 0.05) is 13.1 Å². The molecule has 1 aromatic carbocycles. The van der Waals surface area contributed by atoms with Gasteiger partial charge in [-0.1, -0.05) is 17.3 Å². The van der Waals surface area contributed by atoms with Crippen LogP contribution in [0.2, 0.25) is 0 Å². The largest absolute Gasteiger partial charge is 0.341 e. The summed E-state index contributed by atoms with van der Waals surface area (Å²) >= 11 is 1.51. The summed E-state index contributed by atoms with van der Waals surface area (Å²) in [5.74, 6) is 0.321. The Hall–Kier alpha value is -1.98. The van der Waals surface area contributed by atoms with Gasteiger partial charge in [-0.05, 0) is 50.3 Å². The van der Waals surface area contributed by atoms with Crippen LogP contribution in [0.25, 0.3) is 0 Å². The highest BCUT2D eigenvalue weighted by Gasteiger charge is 2.34. The average molecular weight is 457 g/mol. The number of hydrogen-bond donors (Lipinski definition) is 1. The lowest BCUT2D eigenvalue weighted by Crippen LogP contribution is -2.51. The molecule has 1 aliphatic heterocycles. The molecule has 1 aliphatic rings. The fraction of sp³-hybridized carbons (Fsp3) is 0.526. The zero-order valence-corrected chi connectivity index (χ0v) is 18.5. The lowest BCUT2D eigenvalue weighted by atomic mass is 9.97. The number of nitrogens with zero attached hydrogens (tertiary/aromatic N) is 3. The second-order valence-corrected chi connectivity index (χ2v) is 9.86. The van der Waals surface area contributed by atoms with Gasteiger partial charge in [-0.3, -0.25) is 4.79 Å². The van der Waals surface area contributed by atoms with Gasteiger partial charge >= 0.3 is 0 Å². The van der Waals surface area contributed by atoms with Crippen molar-refractivity contribution in [3.63, 3.8) is 0 Å². The van der Waals surface area contributed by atoms with Gasteiger partial charge in [0.1, 0.15) is 16.8 Å². The van der Waals surface area contributed by atoms with E-state index in [-0.39, 0.29) is 11.8 Å². The molecule has 1 fully saturated rings. The van der Waals surface area contributed by atoms with Gasteiger partial charge in [0.2, 0.25) is 21.8 Å². The van der Waals surface area contributed by atoms with Crippen LogP contribution in [0.3, 0.4) is 0 Å². The molecule has 0 bridgehead atoms. The first-order valence-corrected chi connectivity index (χ1v) is 12.5. The number of nitrogens with one attached hydrogen (secondary N) is 1. The van der Waals surface area contributed by atoms with Crippen LogP contribution in [0.5, 0.6) is 0 Å². The van der Waals surface area contributed by atoms with Crippen molar-refractivity contribution >= 4 is 27.7 Å². The van der Waals surface area contributed by atoms with E-state index in [9.17, 15) is 17.6 Å². The van der Waals surface area contributed by atoms with Gasteiger partial charge in [0.25, 0.3) is 0 Å². The summed E-state index contributed by atoms with van der Waals surface area (Å²) in [6.45, 7) is 2.62. The molecule has 2 atom stereocenters. The van der Waals surface area contributed by atoms with Crippen LogP contribution in [0.4, 0.5) is 4.39 Å². The number of likely N-dealkylation sites (tertiary alicyclic amines) is 1. The van der Waals surface area contributed by atoms with Crippen molar-refractivity contribution in [2.75, 3.05) is 25.1 Å². The van der Waals surface area contributed by atoms with Crippen LogP contribution in [-0.2, 0) is 14.8 Å². The van der Waals surface area contributed by atoms with E-state index in [4.69, 9.17) is 4.52 Å². The molecule has 164 valence electrons. The van der Waals surface area contributed by atoms with E-state index in [1.165, 1.54) is 30.0 Å². The van der Waals surface area contributed by atoms with E-state index in [0.29, 0.717) is 37.0 Å². The summed E-state index contributed by atoms with van der Waals surface area (Å²) < 4.78 is 47.2. The molecule has 8 nitrogen and oxygen atoms in total. The number of rotatable bonds is 8. The Labute approximate surface area is 179 Å². The first-order chi connectivity index (χ1) is 14.3. The van der Waals surface area contributed by atoms with Crippen LogP contribution in [-0.4, -0.2) is 60.5 Å². The lowest BCUT2D eigenvalue weighted by Gasteiger charge is -2.33. The number of hydrogen-bond acceptors (Lipinski definition) is 7. The van der Waals surface area contributed by atoms with Crippen LogP contribution < -0.4 is 4.72 Å². The van der Waals surface area contributed by atoms with Crippen molar-refractivity contribution in [2.24, 2.45) is 0 Å². The summed E-state index contributed by atoms with van der Waals surface area (Å²) in [6, 6.07) is 4.14. The molecular weight excluding hydrogens is 431 g/mol. The van der Waals surface area contributed by atoms with Crippen molar-refractivity contribution in [3.8, 4) is 0 Å². The second kappa shape index (κ2) is 9.88. The van der Waals surface area contributed by atoms with Crippen molar-refractivity contribution < 1.29 is 22.1 Å². The number of benzene rings is 1. The van der Waals surface area contributed by atoms with Crippen molar-refractivity contribution in [1.29, 1.82) is 0 Å². The molecule has 30 heavy (non-hydrogen) atoms. The molecular formula is C19H25FN4O4S2. The fourth-order valence-electron chi connectivity index (χ4n) is 3.46. The van der Waals surface area contributed by atoms with Crippen LogP contribution in [0, 0.1) is 12.7 Å². The summed E-state index contributed by atoms with van der Waals surface area (Å²) in [5.41, 5.74) is 0. The minimum absolute atomic E-state index is 0.0896. The molecule has 1 saturated heterocycles. The van der Waals surface area contributed by atoms with E-state index >= 15 is 0 Å². The Morgan fingerprint density at radius 3 is 2.87 bits per heavy atom. The molecule has 1 aromatic heterocycles. The van der Waals surface area contributed by atoms with E-state index in [1.54, 1.807) is 11.8 Å². The average Bonchev–Trinajstić information content (AvgIpc) is 3.17. The Morgan fingerprint density at radius 1 is 1.43 bits per heavy atom. The number of sulfonamides is 1. The topological polar surface area (TPSA) is 105 Å². The maximum atomic E-state index is 14.0. The minimum Gasteiger partial charge on any atom is -0.341 e. The molecule has 2 unspecified atom stereocenters. The molecule has 3 rings (SSSR count). The third-order valence-electron chi connectivity index (χ3n) is 4.96. The molecule has 0 saturated carbocycles. The highest BCUT2D eigenvalue weighted by molar-refractivity contribution is 7.98. The van der Waals surface area contributed by atoms with Crippen molar-refractivity contribution in [1.82, 2.24) is 19.8 Å². The zero-order valence-electron chi connectivity index (χ0n) is 16.9. The molecule has 0 radical (unpaired) electrons. The number of amides is 1. The van der Waals surface area contributed by atoms with Crippen LogP contribution in [0.1, 0.15) is 36.9 Å². The van der Waals surface area contributed by atoms with E-state index in [0.717, 1.165) is 18.9 Å². The number of aryl methyl sites for hydroxylation is 1. The van der Waals surface area contributed by atoms with Crippen molar-refractivity contribution in [3.05, 3.63) is 41.8 Å². The Morgan fingerprint density at radius 2 is 2.20 bits per heavy atom. The fourth-order valence-corrected chi connectivity index (χ4v) is 5.23. The number of halogens is 1. The summed E-state index contributed by atoms with van der Waals surface area (Å²) in [6.07, 6.45) is 3.73. The molecule has 2 aromatic rings. The second-order valence-electron chi connectivity index (χ2n) is 7.19. The molecule has 0 spiro atoms. The number of carbonyl (C=O) groups excluding carboxylic acids is 1. The lowest BCUT2D eigenvalue weighted by molar-refractivity contribution is -0.134. The van der Waals surface area contributed by atoms with Gasteiger partial charge in [0.05, 0.1) is 5.92 Å². The molecule has 1 amide bonds. The number of aromatic nitrogens is 2. The first kappa shape index (κ1) is 22.7. The van der Waals surface area contributed by atoms with Crippen LogP contribution >= 0.6 is 11.8 Å². The third-order valence-corrected chi connectivity index (χ3v) is 7.11. The number of carbonyl (C=O) groups is 1. The van der Waals surface area contributed by atoms with E-state index < -0.39 is 26.8 Å². The normalized spacial score (nSPS) is 18.4. The zero-order chi connectivity index (χ0) is 21.7. The van der Waals surface area contributed by atoms with Gasteiger partial charge in [-0.25, -0.2) is 12.8 Å². The predicted molar refractivity (Wildman–Crippen MR) is 111 cm³/mol. The standard InChI is InChI=1S/C19H25FN4O4S2/c1-13-21-18(28-22-13)14-6-5-10-24(12-14)19(25)16(9-11-29-2)23-30(26,27)17-8-4-3-7-15(17)20/h3-4,7-8,14,16,23H,5-6,9-12H2,1-2H3. The van der Waals surface area contributed by atoms with E-state index in [1.807, 2.05) is 6.26 Å². The highest BCUT2D eigenvalue weighted by atomic mass is 32.2. The van der Waals surface area contributed by atoms with E-state index in [2.05, 4.69) is 14.9 Å². The molecule has 2 heterocycles. The Balaban J connectivity index is 1.77. The number of piperidine rings is 1. The van der Waals surface area contributed by atoms with Gasteiger partial charge in [-0.2, -0.15) is 21.5 Å². The third kappa shape index (κ3) is 5.38. The van der Waals surface area contributed by atoms with Crippen LogP contribution in [0.15, 0.2) is 33.7 Å². The number of thioether (sulfide) groups is 1. The smallest absolute Gasteiger partial charge is 0.244 e. The molecule has 11 heteroatoms. The first-order valence-electron chi connectivity index (χ1n) is 9.66.